The van der Waals surface area contributed by atoms with Crippen molar-refractivity contribution in [1.82, 2.24) is 5.32 Å². The van der Waals surface area contributed by atoms with Crippen LogP contribution in [0, 0.1) is 5.92 Å². The summed E-state index contributed by atoms with van der Waals surface area (Å²) in [6, 6.07) is 0.514. The smallest absolute Gasteiger partial charge is 0.0743 e. The molecule has 0 fully saturated rings. The fourth-order valence-electron chi connectivity index (χ4n) is 1.62. The third kappa shape index (κ3) is 8.88. The lowest BCUT2D eigenvalue weighted by Crippen LogP contribution is -2.41. The summed E-state index contributed by atoms with van der Waals surface area (Å²) in [6.07, 6.45) is 4.36. The fourth-order valence-corrected chi connectivity index (χ4v) is 1.62. The molecule has 0 spiro atoms. The number of rotatable bonds is 8. The van der Waals surface area contributed by atoms with Crippen LogP contribution in [0.15, 0.2) is 0 Å². The van der Waals surface area contributed by atoms with E-state index in [0.29, 0.717) is 18.5 Å². The molecule has 0 amide bonds. The lowest BCUT2D eigenvalue weighted by molar-refractivity contribution is 0.0428. The molecule has 0 radical (unpaired) electrons. The van der Waals surface area contributed by atoms with Gasteiger partial charge in [-0.2, -0.15) is 0 Å². The van der Waals surface area contributed by atoms with Gasteiger partial charge in [0.05, 0.1) is 5.60 Å². The molecule has 0 rings (SSSR count). The predicted molar refractivity (Wildman–Crippen MR) is 67.1 cm³/mol. The van der Waals surface area contributed by atoms with E-state index in [4.69, 9.17) is 0 Å². The largest absolute Gasteiger partial charge is 0.389 e. The van der Waals surface area contributed by atoms with E-state index in [-0.39, 0.29) is 0 Å². The zero-order valence-electron chi connectivity index (χ0n) is 11.1. The van der Waals surface area contributed by atoms with E-state index >= 15 is 0 Å². The lowest BCUT2D eigenvalue weighted by Gasteiger charge is -2.26. The van der Waals surface area contributed by atoms with E-state index in [2.05, 4.69) is 33.0 Å². The predicted octanol–water partition coefficient (Wildman–Crippen LogP) is 2.95. The normalized spacial score (nSPS) is 17.8. The van der Waals surface area contributed by atoms with E-state index in [1.807, 2.05) is 6.92 Å². The van der Waals surface area contributed by atoms with E-state index in [0.717, 1.165) is 12.8 Å². The number of nitrogens with one attached hydrogen (secondary N) is 1. The molecule has 2 nitrogen and oxygen atoms in total. The highest BCUT2D eigenvalue weighted by molar-refractivity contribution is 4.77. The van der Waals surface area contributed by atoms with Gasteiger partial charge >= 0.3 is 0 Å². The summed E-state index contributed by atoms with van der Waals surface area (Å²) in [6.45, 7) is 11.4. The number of hydrogen-bond acceptors (Lipinski definition) is 2. The molecular weight excluding hydrogens is 186 g/mol. The minimum atomic E-state index is -0.549. The van der Waals surface area contributed by atoms with E-state index < -0.39 is 5.60 Å². The van der Waals surface area contributed by atoms with Crippen molar-refractivity contribution in [3.8, 4) is 0 Å². The Morgan fingerprint density at radius 1 is 1.20 bits per heavy atom. The van der Waals surface area contributed by atoms with Gasteiger partial charge in [0.2, 0.25) is 0 Å². The lowest BCUT2D eigenvalue weighted by atomic mass is 9.95. The molecule has 0 aliphatic rings. The molecule has 0 saturated heterocycles. The topological polar surface area (TPSA) is 32.3 Å². The molecule has 0 aromatic rings. The van der Waals surface area contributed by atoms with Crippen LogP contribution >= 0.6 is 0 Å². The van der Waals surface area contributed by atoms with Gasteiger partial charge in [-0.15, -0.1) is 0 Å². The quantitative estimate of drug-likeness (QED) is 0.652. The Labute approximate surface area is 95.5 Å². The number of aliphatic hydroxyl groups is 1. The van der Waals surface area contributed by atoms with Crippen molar-refractivity contribution < 1.29 is 5.11 Å². The van der Waals surface area contributed by atoms with E-state index in [1.165, 1.54) is 12.8 Å². The Balaban J connectivity index is 3.72. The van der Waals surface area contributed by atoms with Crippen molar-refractivity contribution >= 4 is 0 Å². The minimum Gasteiger partial charge on any atom is -0.389 e. The van der Waals surface area contributed by atoms with Crippen molar-refractivity contribution in [2.24, 2.45) is 5.92 Å². The second kappa shape index (κ2) is 7.24. The molecule has 0 saturated carbocycles. The van der Waals surface area contributed by atoms with Crippen LogP contribution in [0.2, 0.25) is 0 Å². The summed E-state index contributed by atoms with van der Waals surface area (Å²) in [5.74, 6) is 0.671. The third-order valence-electron chi connectivity index (χ3n) is 2.81. The summed E-state index contributed by atoms with van der Waals surface area (Å²) >= 11 is 0. The van der Waals surface area contributed by atoms with Crippen LogP contribution in [0.1, 0.15) is 60.3 Å². The maximum Gasteiger partial charge on any atom is 0.0743 e. The summed E-state index contributed by atoms with van der Waals surface area (Å²) in [5.41, 5.74) is -0.549. The first-order valence-electron chi connectivity index (χ1n) is 6.33. The van der Waals surface area contributed by atoms with Crippen LogP contribution in [0.4, 0.5) is 0 Å². The van der Waals surface area contributed by atoms with Gasteiger partial charge in [0.15, 0.2) is 0 Å². The van der Waals surface area contributed by atoms with Gasteiger partial charge in [-0.1, -0.05) is 27.2 Å². The molecule has 0 aromatic heterocycles. The van der Waals surface area contributed by atoms with Crippen molar-refractivity contribution in [2.75, 3.05) is 6.54 Å². The first-order valence-corrected chi connectivity index (χ1v) is 6.33. The fraction of sp³-hybridized carbons (Fsp3) is 1.00. The first-order chi connectivity index (χ1) is 6.87. The maximum atomic E-state index is 10.1. The van der Waals surface area contributed by atoms with Crippen LogP contribution in [0.25, 0.3) is 0 Å². The van der Waals surface area contributed by atoms with Crippen LogP contribution in [-0.2, 0) is 0 Å². The van der Waals surface area contributed by atoms with Crippen molar-refractivity contribution in [3.05, 3.63) is 0 Å². The molecule has 0 aromatic carbocycles. The van der Waals surface area contributed by atoms with Crippen molar-refractivity contribution in [2.45, 2.75) is 71.9 Å². The second-order valence-corrected chi connectivity index (χ2v) is 5.50. The van der Waals surface area contributed by atoms with Crippen LogP contribution in [0.3, 0.4) is 0 Å². The van der Waals surface area contributed by atoms with Gasteiger partial charge in [-0.25, -0.2) is 0 Å². The molecule has 92 valence electrons. The van der Waals surface area contributed by atoms with Gasteiger partial charge in [-0.05, 0) is 39.0 Å². The average molecular weight is 215 g/mol. The Morgan fingerprint density at radius 2 is 1.80 bits per heavy atom. The van der Waals surface area contributed by atoms with Gasteiger partial charge < -0.3 is 10.4 Å². The maximum absolute atomic E-state index is 10.1. The molecule has 2 N–H and O–H groups in total. The van der Waals surface area contributed by atoms with Crippen LogP contribution in [-0.4, -0.2) is 23.3 Å². The van der Waals surface area contributed by atoms with E-state index in [9.17, 15) is 5.11 Å². The van der Waals surface area contributed by atoms with Gasteiger partial charge in [-0.3, -0.25) is 0 Å². The molecule has 0 aliphatic heterocycles. The van der Waals surface area contributed by atoms with Gasteiger partial charge in [0.25, 0.3) is 0 Å². The van der Waals surface area contributed by atoms with Gasteiger partial charge in [0.1, 0.15) is 0 Å². The molecule has 15 heavy (non-hydrogen) atoms. The Bertz CT molecular complexity index is 155. The Kier molecular flexibility index (Phi) is 7.20. The molecule has 2 heteroatoms. The van der Waals surface area contributed by atoms with Crippen LogP contribution in [0.5, 0.6) is 0 Å². The Morgan fingerprint density at radius 3 is 2.27 bits per heavy atom. The highest BCUT2D eigenvalue weighted by Gasteiger charge is 2.20. The summed E-state index contributed by atoms with van der Waals surface area (Å²) in [4.78, 5) is 0. The minimum absolute atomic E-state index is 0.514. The molecule has 2 unspecified atom stereocenters. The van der Waals surface area contributed by atoms with Gasteiger partial charge in [0, 0.05) is 12.6 Å². The zero-order chi connectivity index (χ0) is 11.9. The summed E-state index contributed by atoms with van der Waals surface area (Å²) in [7, 11) is 0. The average Bonchev–Trinajstić information content (AvgIpc) is 2.13. The standard InChI is InChI=1S/C13H29NO/c1-6-7-12(4)14-10-13(5,15)9-8-11(2)3/h11-12,14-15H,6-10H2,1-5H3. The SMILES string of the molecule is CCCC(C)NCC(C)(O)CCC(C)C. The third-order valence-corrected chi connectivity index (χ3v) is 2.81. The molecular formula is C13H29NO. The molecule has 2 atom stereocenters. The molecule has 0 heterocycles. The number of hydrogen-bond donors (Lipinski definition) is 2. The molecule has 0 bridgehead atoms. The summed E-state index contributed by atoms with van der Waals surface area (Å²) in [5, 5.41) is 13.5. The van der Waals surface area contributed by atoms with E-state index in [1.54, 1.807) is 0 Å². The molecule has 0 aliphatic carbocycles. The highest BCUT2D eigenvalue weighted by Crippen LogP contribution is 2.15. The first kappa shape index (κ1) is 14.9. The Hall–Kier alpha value is -0.0800. The highest BCUT2D eigenvalue weighted by atomic mass is 16.3. The van der Waals surface area contributed by atoms with Crippen molar-refractivity contribution in [3.63, 3.8) is 0 Å². The monoisotopic (exact) mass is 215 g/mol. The van der Waals surface area contributed by atoms with Crippen LogP contribution < -0.4 is 5.32 Å². The summed E-state index contributed by atoms with van der Waals surface area (Å²) < 4.78 is 0. The van der Waals surface area contributed by atoms with Crippen molar-refractivity contribution in [1.29, 1.82) is 0 Å². The second-order valence-electron chi connectivity index (χ2n) is 5.50. The zero-order valence-corrected chi connectivity index (χ0v) is 11.1.